The summed E-state index contributed by atoms with van der Waals surface area (Å²) in [5, 5.41) is 3.58. The average Bonchev–Trinajstić information content (AvgIpc) is 2.42. The van der Waals surface area contributed by atoms with Crippen LogP contribution in [-0.2, 0) is 4.74 Å². The van der Waals surface area contributed by atoms with Crippen molar-refractivity contribution in [3.63, 3.8) is 0 Å². The molecule has 2 nitrogen and oxygen atoms in total. The van der Waals surface area contributed by atoms with E-state index in [1.165, 1.54) is 11.1 Å². The van der Waals surface area contributed by atoms with Crippen molar-refractivity contribution >= 4 is 0 Å². The van der Waals surface area contributed by atoms with Crippen LogP contribution in [0.2, 0.25) is 0 Å². The van der Waals surface area contributed by atoms with Gasteiger partial charge in [-0.3, -0.25) is 0 Å². The van der Waals surface area contributed by atoms with Gasteiger partial charge in [-0.2, -0.15) is 0 Å². The van der Waals surface area contributed by atoms with Gasteiger partial charge < -0.3 is 10.1 Å². The molecule has 2 heteroatoms. The lowest BCUT2D eigenvalue weighted by Crippen LogP contribution is -2.26. The molecule has 0 aromatic heterocycles. The quantitative estimate of drug-likeness (QED) is 0.649. The number of hydrogen-bond donors (Lipinski definition) is 1. The van der Waals surface area contributed by atoms with Crippen molar-refractivity contribution in [3.05, 3.63) is 35.4 Å². The van der Waals surface area contributed by atoms with Crippen molar-refractivity contribution in [1.29, 1.82) is 0 Å². The Bertz CT molecular complexity index is 345. The third-order valence-corrected chi connectivity index (χ3v) is 3.45. The molecule has 20 heavy (non-hydrogen) atoms. The number of ether oxygens (including phenoxy) is 1. The smallest absolute Gasteiger partial charge is 0.0472 e. The minimum Gasteiger partial charge on any atom is -0.381 e. The van der Waals surface area contributed by atoms with Crippen molar-refractivity contribution in [1.82, 2.24) is 5.32 Å². The highest BCUT2D eigenvalue weighted by Gasteiger charge is 2.11. The fourth-order valence-electron chi connectivity index (χ4n) is 2.24. The van der Waals surface area contributed by atoms with E-state index in [-0.39, 0.29) is 0 Å². The Morgan fingerprint density at radius 1 is 1.05 bits per heavy atom. The second-order valence-corrected chi connectivity index (χ2v) is 6.06. The number of rotatable bonds is 10. The van der Waals surface area contributed by atoms with E-state index in [0.29, 0.717) is 11.8 Å². The molecule has 114 valence electrons. The van der Waals surface area contributed by atoms with E-state index < -0.39 is 0 Å². The number of aryl methyl sites for hydroxylation is 1. The van der Waals surface area contributed by atoms with Crippen molar-refractivity contribution in [2.45, 2.75) is 46.5 Å². The van der Waals surface area contributed by atoms with Gasteiger partial charge in [0.15, 0.2) is 0 Å². The molecule has 0 fully saturated rings. The Kier molecular flexibility index (Phi) is 8.56. The minimum atomic E-state index is 0.547. The fourth-order valence-corrected chi connectivity index (χ4v) is 2.24. The predicted molar refractivity (Wildman–Crippen MR) is 87.4 cm³/mol. The van der Waals surface area contributed by atoms with E-state index in [1.807, 2.05) is 0 Å². The molecule has 0 heterocycles. The topological polar surface area (TPSA) is 21.3 Å². The molecule has 0 aliphatic carbocycles. The van der Waals surface area contributed by atoms with E-state index in [2.05, 4.69) is 57.3 Å². The molecule has 1 atom stereocenters. The van der Waals surface area contributed by atoms with Gasteiger partial charge in [-0.05, 0) is 43.7 Å². The molecule has 0 aliphatic heterocycles. The molecule has 0 radical (unpaired) electrons. The first-order valence-corrected chi connectivity index (χ1v) is 7.98. The summed E-state index contributed by atoms with van der Waals surface area (Å²) in [5.41, 5.74) is 2.75. The maximum Gasteiger partial charge on any atom is 0.0472 e. The zero-order chi connectivity index (χ0) is 14.8. The first-order chi connectivity index (χ1) is 9.63. The SMILES string of the molecule is CCCOCCC(CNCC(C)C)c1ccc(C)cc1. The molecule has 0 saturated carbocycles. The van der Waals surface area contributed by atoms with E-state index in [0.717, 1.165) is 39.1 Å². The van der Waals surface area contributed by atoms with Crippen molar-refractivity contribution < 1.29 is 4.74 Å². The minimum absolute atomic E-state index is 0.547. The summed E-state index contributed by atoms with van der Waals surface area (Å²) in [7, 11) is 0. The van der Waals surface area contributed by atoms with Crippen LogP contribution in [0.4, 0.5) is 0 Å². The second kappa shape index (κ2) is 9.95. The molecule has 0 amide bonds. The van der Waals surface area contributed by atoms with E-state index in [9.17, 15) is 0 Å². The van der Waals surface area contributed by atoms with Crippen molar-refractivity contribution in [3.8, 4) is 0 Å². The van der Waals surface area contributed by atoms with Gasteiger partial charge in [0.1, 0.15) is 0 Å². The highest BCUT2D eigenvalue weighted by Crippen LogP contribution is 2.19. The summed E-state index contributed by atoms with van der Waals surface area (Å²) in [5.74, 6) is 1.25. The molecule has 0 bridgehead atoms. The normalized spacial score (nSPS) is 12.8. The third-order valence-electron chi connectivity index (χ3n) is 3.45. The number of hydrogen-bond acceptors (Lipinski definition) is 2. The summed E-state index contributed by atoms with van der Waals surface area (Å²) in [6, 6.07) is 8.93. The molecule has 0 saturated heterocycles. The van der Waals surface area contributed by atoms with Gasteiger partial charge in [0, 0.05) is 19.8 Å². The number of nitrogens with one attached hydrogen (secondary N) is 1. The maximum absolute atomic E-state index is 5.66. The van der Waals surface area contributed by atoms with Crippen LogP contribution in [0.1, 0.15) is 50.7 Å². The lowest BCUT2D eigenvalue weighted by molar-refractivity contribution is 0.127. The van der Waals surface area contributed by atoms with Crippen LogP contribution in [0.15, 0.2) is 24.3 Å². The Labute approximate surface area is 124 Å². The van der Waals surface area contributed by atoms with Gasteiger partial charge in [-0.15, -0.1) is 0 Å². The van der Waals surface area contributed by atoms with Crippen LogP contribution in [-0.4, -0.2) is 26.3 Å². The molecule has 0 aliphatic rings. The Balaban J connectivity index is 2.51. The highest BCUT2D eigenvalue weighted by molar-refractivity contribution is 5.24. The largest absolute Gasteiger partial charge is 0.381 e. The zero-order valence-corrected chi connectivity index (χ0v) is 13.6. The Morgan fingerprint density at radius 3 is 2.35 bits per heavy atom. The predicted octanol–water partition coefficient (Wildman–Crippen LogP) is 4.14. The second-order valence-electron chi connectivity index (χ2n) is 6.06. The highest BCUT2D eigenvalue weighted by atomic mass is 16.5. The van der Waals surface area contributed by atoms with Crippen LogP contribution in [0.5, 0.6) is 0 Å². The standard InChI is InChI=1S/C18H31NO/c1-5-11-20-12-10-18(14-19-13-15(2)3)17-8-6-16(4)7-9-17/h6-9,15,18-19H,5,10-14H2,1-4H3. The summed E-state index contributed by atoms with van der Waals surface area (Å²) in [4.78, 5) is 0. The Hall–Kier alpha value is -0.860. The first-order valence-electron chi connectivity index (χ1n) is 7.98. The van der Waals surface area contributed by atoms with E-state index in [1.54, 1.807) is 0 Å². The van der Waals surface area contributed by atoms with Crippen LogP contribution < -0.4 is 5.32 Å². The summed E-state index contributed by atoms with van der Waals surface area (Å²) >= 11 is 0. The molecule has 1 unspecified atom stereocenters. The van der Waals surface area contributed by atoms with Gasteiger partial charge in [0.05, 0.1) is 0 Å². The van der Waals surface area contributed by atoms with Crippen molar-refractivity contribution in [2.24, 2.45) is 5.92 Å². The maximum atomic E-state index is 5.66. The summed E-state index contributed by atoms with van der Waals surface area (Å²) in [6.07, 6.45) is 2.19. The van der Waals surface area contributed by atoms with Crippen molar-refractivity contribution in [2.75, 3.05) is 26.3 Å². The zero-order valence-electron chi connectivity index (χ0n) is 13.6. The lowest BCUT2D eigenvalue weighted by Gasteiger charge is -2.19. The number of benzene rings is 1. The lowest BCUT2D eigenvalue weighted by atomic mass is 9.95. The fraction of sp³-hybridized carbons (Fsp3) is 0.667. The van der Waals surface area contributed by atoms with Gasteiger partial charge in [0.25, 0.3) is 0 Å². The molecular formula is C18H31NO. The van der Waals surface area contributed by atoms with Gasteiger partial charge in [0.2, 0.25) is 0 Å². The molecule has 0 spiro atoms. The van der Waals surface area contributed by atoms with Crippen LogP contribution in [0.25, 0.3) is 0 Å². The van der Waals surface area contributed by atoms with Crippen LogP contribution >= 0.6 is 0 Å². The summed E-state index contributed by atoms with van der Waals surface area (Å²) in [6.45, 7) is 12.6. The monoisotopic (exact) mass is 277 g/mol. The van der Waals surface area contributed by atoms with Crippen LogP contribution in [0.3, 0.4) is 0 Å². The molecular weight excluding hydrogens is 246 g/mol. The van der Waals surface area contributed by atoms with Gasteiger partial charge in [-0.25, -0.2) is 0 Å². The summed E-state index contributed by atoms with van der Waals surface area (Å²) < 4.78 is 5.66. The molecule has 1 rings (SSSR count). The molecule has 1 aromatic carbocycles. The van der Waals surface area contributed by atoms with Gasteiger partial charge >= 0.3 is 0 Å². The first kappa shape index (κ1) is 17.2. The van der Waals surface area contributed by atoms with E-state index >= 15 is 0 Å². The molecule has 1 N–H and O–H groups in total. The third kappa shape index (κ3) is 7.06. The van der Waals surface area contributed by atoms with E-state index in [4.69, 9.17) is 4.74 Å². The Morgan fingerprint density at radius 2 is 1.75 bits per heavy atom. The molecule has 1 aromatic rings. The van der Waals surface area contributed by atoms with Gasteiger partial charge in [-0.1, -0.05) is 50.6 Å². The average molecular weight is 277 g/mol. The van der Waals surface area contributed by atoms with Crippen LogP contribution in [0, 0.1) is 12.8 Å².